The van der Waals surface area contributed by atoms with Crippen LogP contribution in [0.1, 0.15) is 59.3 Å². The van der Waals surface area contributed by atoms with Gasteiger partial charge in [0.25, 0.3) is 0 Å². The molecule has 4 saturated carbocycles. The lowest BCUT2D eigenvalue weighted by Crippen LogP contribution is -2.55. The number of carboxylic acids is 1. The molecular weight excluding hydrogens is 250 g/mol. The summed E-state index contributed by atoms with van der Waals surface area (Å²) in [5.74, 6) is 2.12. The second kappa shape index (κ2) is 4.72. The van der Waals surface area contributed by atoms with Gasteiger partial charge in [0.05, 0.1) is 6.54 Å². The Kier molecular flexibility index (Phi) is 3.39. The lowest BCUT2D eigenvalue weighted by molar-refractivity contribution is -0.142. The van der Waals surface area contributed by atoms with E-state index in [9.17, 15) is 9.90 Å². The molecule has 0 aromatic heterocycles. The molecule has 0 unspecified atom stereocenters. The molecule has 3 heteroatoms. The van der Waals surface area contributed by atoms with Crippen molar-refractivity contribution in [3.63, 3.8) is 0 Å². The van der Waals surface area contributed by atoms with Gasteiger partial charge in [-0.15, -0.1) is 0 Å². The van der Waals surface area contributed by atoms with E-state index in [1.807, 2.05) is 0 Å². The fourth-order valence-corrected chi connectivity index (χ4v) is 5.58. The van der Waals surface area contributed by atoms with Gasteiger partial charge >= 0.3 is 5.97 Å². The van der Waals surface area contributed by atoms with Crippen LogP contribution in [0.2, 0.25) is 0 Å². The largest absolute Gasteiger partial charge is 0.480 e. The highest BCUT2D eigenvalue weighted by Crippen LogP contribution is 2.60. The predicted molar refractivity (Wildman–Crippen MR) is 79.6 cm³/mol. The van der Waals surface area contributed by atoms with Gasteiger partial charge in [-0.1, -0.05) is 0 Å². The summed E-state index contributed by atoms with van der Waals surface area (Å²) in [6, 6.07) is 0. The van der Waals surface area contributed by atoms with Crippen molar-refractivity contribution in [3.8, 4) is 0 Å². The van der Waals surface area contributed by atoms with Crippen molar-refractivity contribution < 1.29 is 9.90 Å². The van der Waals surface area contributed by atoms with Crippen molar-refractivity contribution >= 4 is 5.97 Å². The highest BCUT2D eigenvalue weighted by Gasteiger charge is 2.51. The van der Waals surface area contributed by atoms with Gasteiger partial charge < -0.3 is 5.11 Å². The Hall–Kier alpha value is -0.570. The molecule has 0 saturated heterocycles. The summed E-state index contributed by atoms with van der Waals surface area (Å²) in [5, 5.41) is 9.22. The number of rotatable bonds is 4. The fraction of sp³-hybridized carbons (Fsp3) is 0.941. The summed E-state index contributed by atoms with van der Waals surface area (Å²) in [6.45, 7) is 7.63. The molecule has 114 valence electrons. The molecule has 0 aromatic rings. The summed E-state index contributed by atoms with van der Waals surface area (Å²) < 4.78 is 0. The Morgan fingerprint density at radius 1 is 1.10 bits per heavy atom. The first-order valence-electron chi connectivity index (χ1n) is 8.23. The minimum Gasteiger partial charge on any atom is -0.480 e. The van der Waals surface area contributed by atoms with Crippen molar-refractivity contribution in [2.24, 2.45) is 23.2 Å². The van der Waals surface area contributed by atoms with E-state index in [1.165, 1.54) is 38.5 Å². The van der Waals surface area contributed by atoms with Crippen molar-refractivity contribution in [1.29, 1.82) is 0 Å². The van der Waals surface area contributed by atoms with E-state index in [0.29, 0.717) is 5.41 Å². The Bertz CT molecular complexity index is 361. The standard InChI is InChI=1S/C17H29NO2/c1-16(2,3)18(10-15(19)20)11-17-7-12-4-13(8-17)6-14(5-12)9-17/h12-14H,4-11H2,1-3H3,(H,19,20). The molecular formula is C17H29NO2. The van der Waals surface area contributed by atoms with E-state index in [0.717, 1.165) is 24.3 Å². The van der Waals surface area contributed by atoms with E-state index in [-0.39, 0.29) is 12.1 Å². The minimum absolute atomic E-state index is 0.0538. The second-order valence-electron chi connectivity index (χ2n) is 8.84. The molecule has 4 rings (SSSR count). The molecule has 0 spiro atoms. The molecule has 4 fully saturated rings. The van der Waals surface area contributed by atoms with Crippen LogP contribution >= 0.6 is 0 Å². The molecule has 20 heavy (non-hydrogen) atoms. The van der Waals surface area contributed by atoms with Crippen molar-refractivity contribution in [3.05, 3.63) is 0 Å². The fourth-order valence-electron chi connectivity index (χ4n) is 5.58. The van der Waals surface area contributed by atoms with E-state index in [4.69, 9.17) is 0 Å². The van der Waals surface area contributed by atoms with E-state index in [2.05, 4.69) is 25.7 Å². The average Bonchev–Trinajstić information content (AvgIpc) is 2.23. The van der Waals surface area contributed by atoms with Crippen molar-refractivity contribution in [1.82, 2.24) is 4.90 Å². The smallest absolute Gasteiger partial charge is 0.317 e. The molecule has 0 radical (unpaired) electrons. The first kappa shape index (κ1) is 14.4. The Balaban J connectivity index is 1.76. The first-order chi connectivity index (χ1) is 9.26. The maximum absolute atomic E-state index is 11.2. The molecule has 4 bridgehead atoms. The van der Waals surface area contributed by atoms with Crippen LogP contribution < -0.4 is 0 Å². The molecule has 3 nitrogen and oxygen atoms in total. The third-order valence-corrected chi connectivity index (χ3v) is 5.97. The maximum atomic E-state index is 11.2. The van der Waals surface area contributed by atoms with Gasteiger partial charge in [0.15, 0.2) is 0 Å². The Labute approximate surface area is 122 Å². The lowest BCUT2D eigenvalue weighted by atomic mass is 9.49. The van der Waals surface area contributed by atoms with Crippen LogP contribution in [0.4, 0.5) is 0 Å². The predicted octanol–water partition coefficient (Wildman–Crippen LogP) is 3.39. The van der Waals surface area contributed by atoms with Crippen LogP contribution in [0.15, 0.2) is 0 Å². The number of hydrogen-bond acceptors (Lipinski definition) is 2. The summed E-state index contributed by atoms with van der Waals surface area (Å²) in [4.78, 5) is 13.4. The van der Waals surface area contributed by atoms with Crippen LogP contribution in [-0.4, -0.2) is 34.6 Å². The second-order valence-corrected chi connectivity index (χ2v) is 8.84. The van der Waals surface area contributed by atoms with Gasteiger partial charge in [-0.3, -0.25) is 9.69 Å². The van der Waals surface area contributed by atoms with Crippen molar-refractivity contribution in [2.45, 2.75) is 64.8 Å². The van der Waals surface area contributed by atoms with Crippen LogP contribution in [0.5, 0.6) is 0 Å². The van der Waals surface area contributed by atoms with Gasteiger partial charge in [-0.25, -0.2) is 0 Å². The van der Waals surface area contributed by atoms with Gasteiger partial charge in [0.2, 0.25) is 0 Å². The van der Waals surface area contributed by atoms with E-state index < -0.39 is 5.97 Å². The summed E-state index contributed by atoms with van der Waals surface area (Å²) >= 11 is 0. The summed E-state index contributed by atoms with van der Waals surface area (Å²) in [6.07, 6.45) is 8.41. The number of carboxylic acid groups (broad SMARTS) is 1. The van der Waals surface area contributed by atoms with Crippen LogP contribution in [0, 0.1) is 23.2 Å². The van der Waals surface area contributed by atoms with Crippen LogP contribution in [0.3, 0.4) is 0 Å². The molecule has 4 aliphatic rings. The lowest BCUT2D eigenvalue weighted by Gasteiger charge is -2.58. The Morgan fingerprint density at radius 2 is 1.55 bits per heavy atom. The zero-order valence-electron chi connectivity index (χ0n) is 13.2. The van der Waals surface area contributed by atoms with Gasteiger partial charge in [0.1, 0.15) is 0 Å². The monoisotopic (exact) mass is 279 g/mol. The zero-order chi connectivity index (χ0) is 14.5. The number of hydrogen-bond donors (Lipinski definition) is 1. The third-order valence-electron chi connectivity index (χ3n) is 5.97. The number of nitrogens with zero attached hydrogens (tertiary/aromatic N) is 1. The van der Waals surface area contributed by atoms with E-state index >= 15 is 0 Å². The number of carbonyl (C=O) groups is 1. The summed E-state index contributed by atoms with van der Waals surface area (Å²) in [7, 11) is 0. The minimum atomic E-state index is -0.690. The SMILES string of the molecule is CC(C)(C)N(CC(=O)O)CC12CC3CC(CC(C3)C1)C2. The third kappa shape index (κ3) is 2.74. The van der Waals surface area contributed by atoms with Crippen LogP contribution in [-0.2, 0) is 4.79 Å². The molecule has 0 amide bonds. The van der Waals surface area contributed by atoms with Crippen LogP contribution in [0.25, 0.3) is 0 Å². The summed E-state index contributed by atoms with van der Waals surface area (Å²) in [5.41, 5.74) is 0.374. The molecule has 0 aliphatic heterocycles. The molecule has 1 N–H and O–H groups in total. The van der Waals surface area contributed by atoms with Gasteiger partial charge in [-0.05, 0) is 82.5 Å². The van der Waals surface area contributed by atoms with Crippen molar-refractivity contribution in [2.75, 3.05) is 13.1 Å². The molecule has 4 aliphatic carbocycles. The normalized spacial score (nSPS) is 39.5. The van der Waals surface area contributed by atoms with Gasteiger partial charge in [0, 0.05) is 12.1 Å². The first-order valence-corrected chi connectivity index (χ1v) is 8.23. The molecule has 0 aromatic carbocycles. The van der Waals surface area contributed by atoms with Gasteiger partial charge in [-0.2, -0.15) is 0 Å². The topological polar surface area (TPSA) is 40.5 Å². The molecule has 0 atom stereocenters. The molecule has 0 heterocycles. The highest BCUT2D eigenvalue weighted by atomic mass is 16.4. The quantitative estimate of drug-likeness (QED) is 0.857. The highest BCUT2D eigenvalue weighted by molar-refractivity contribution is 5.69. The average molecular weight is 279 g/mol. The zero-order valence-corrected chi connectivity index (χ0v) is 13.2. The van der Waals surface area contributed by atoms with E-state index in [1.54, 1.807) is 0 Å². The maximum Gasteiger partial charge on any atom is 0.317 e. The Morgan fingerprint density at radius 3 is 1.90 bits per heavy atom. The number of aliphatic carboxylic acids is 1.